The van der Waals surface area contributed by atoms with Gasteiger partial charge >= 0.3 is 0 Å². The summed E-state index contributed by atoms with van der Waals surface area (Å²) in [5.74, 6) is 1.33. The lowest BCUT2D eigenvalue weighted by molar-refractivity contribution is 0.395. The van der Waals surface area contributed by atoms with E-state index < -0.39 is 9.84 Å². The van der Waals surface area contributed by atoms with E-state index in [2.05, 4.69) is 24.4 Å². The predicted molar refractivity (Wildman–Crippen MR) is 87.7 cm³/mol. The van der Waals surface area contributed by atoms with Crippen LogP contribution in [-0.2, 0) is 9.84 Å². The van der Waals surface area contributed by atoms with Crippen molar-refractivity contribution < 1.29 is 13.2 Å². The van der Waals surface area contributed by atoms with Crippen LogP contribution in [0, 0.1) is 6.92 Å². The van der Waals surface area contributed by atoms with Crippen molar-refractivity contribution in [2.45, 2.75) is 39.7 Å². The maximum atomic E-state index is 11.6. The van der Waals surface area contributed by atoms with E-state index in [0.29, 0.717) is 6.42 Å². The molecule has 1 aromatic rings. The largest absolute Gasteiger partial charge is 0.496 e. The van der Waals surface area contributed by atoms with Gasteiger partial charge in [0.15, 0.2) is 0 Å². The second-order valence-electron chi connectivity index (χ2n) is 5.23. The number of hydrogen-bond acceptors (Lipinski definition) is 4. The van der Waals surface area contributed by atoms with E-state index in [0.717, 1.165) is 29.8 Å². The average Bonchev–Trinajstić information content (AvgIpc) is 2.46. The highest BCUT2D eigenvalue weighted by atomic mass is 32.2. The highest BCUT2D eigenvalue weighted by molar-refractivity contribution is 7.91. The maximum Gasteiger partial charge on any atom is 0.150 e. The van der Waals surface area contributed by atoms with Crippen LogP contribution in [0.15, 0.2) is 18.2 Å². The van der Waals surface area contributed by atoms with E-state index in [-0.39, 0.29) is 17.5 Å². The molecule has 0 fully saturated rings. The third-order valence-corrected chi connectivity index (χ3v) is 5.39. The van der Waals surface area contributed by atoms with Crippen molar-refractivity contribution in [2.75, 3.05) is 25.2 Å². The van der Waals surface area contributed by atoms with E-state index in [4.69, 9.17) is 4.74 Å². The standard InChI is InChI=1S/C16H27NO3S/c1-5-17-15(8-7-11-21(18,19)6-2)14-10-9-13(3)12-16(14)20-4/h9-10,12,15,17H,5-8,11H2,1-4H3. The average molecular weight is 313 g/mol. The zero-order chi connectivity index (χ0) is 15.9. The fourth-order valence-electron chi connectivity index (χ4n) is 2.37. The molecular weight excluding hydrogens is 286 g/mol. The Labute approximate surface area is 128 Å². The number of hydrogen-bond donors (Lipinski definition) is 1. The highest BCUT2D eigenvalue weighted by Crippen LogP contribution is 2.29. The first kappa shape index (κ1) is 18.0. The molecule has 0 spiro atoms. The van der Waals surface area contributed by atoms with Crippen molar-refractivity contribution >= 4 is 9.84 Å². The molecule has 0 aliphatic carbocycles. The second kappa shape index (κ2) is 8.39. The van der Waals surface area contributed by atoms with Crippen LogP contribution >= 0.6 is 0 Å². The van der Waals surface area contributed by atoms with Gasteiger partial charge in [-0.15, -0.1) is 0 Å². The van der Waals surface area contributed by atoms with Crippen LogP contribution in [0.5, 0.6) is 5.75 Å². The van der Waals surface area contributed by atoms with Crippen molar-refractivity contribution in [1.82, 2.24) is 5.32 Å². The number of aryl methyl sites for hydroxylation is 1. The van der Waals surface area contributed by atoms with Crippen LogP contribution in [-0.4, -0.2) is 33.6 Å². The van der Waals surface area contributed by atoms with Gasteiger partial charge in [-0.05, 0) is 37.9 Å². The second-order valence-corrected chi connectivity index (χ2v) is 7.71. The Morgan fingerprint density at radius 2 is 2.00 bits per heavy atom. The Balaban J connectivity index is 2.82. The topological polar surface area (TPSA) is 55.4 Å². The minimum absolute atomic E-state index is 0.123. The lowest BCUT2D eigenvalue weighted by Gasteiger charge is -2.21. The summed E-state index contributed by atoms with van der Waals surface area (Å²) < 4.78 is 28.7. The number of ether oxygens (including phenoxy) is 1. The Morgan fingerprint density at radius 1 is 1.29 bits per heavy atom. The molecular formula is C16H27NO3S. The smallest absolute Gasteiger partial charge is 0.150 e. The SMILES string of the molecule is CCNC(CCCS(=O)(=O)CC)c1ccc(C)cc1OC. The van der Waals surface area contributed by atoms with Gasteiger partial charge in [0.05, 0.1) is 12.9 Å². The molecule has 0 radical (unpaired) electrons. The van der Waals surface area contributed by atoms with Gasteiger partial charge in [-0.2, -0.15) is 0 Å². The van der Waals surface area contributed by atoms with Gasteiger partial charge in [-0.1, -0.05) is 26.0 Å². The van der Waals surface area contributed by atoms with Gasteiger partial charge in [-0.3, -0.25) is 0 Å². The molecule has 0 saturated carbocycles. The summed E-state index contributed by atoms with van der Waals surface area (Å²) >= 11 is 0. The Hall–Kier alpha value is -1.07. The summed E-state index contributed by atoms with van der Waals surface area (Å²) in [6.45, 7) is 6.61. The van der Waals surface area contributed by atoms with Crippen LogP contribution in [0.2, 0.25) is 0 Å². The number of benzene rings is 1. The molecule has 0 bridgehead atoms. The normalized spacial score (nSPS) is 13.1. The highest BCUT2D eigenvalue weighted by Gasteiger charge is 2.16. The van der Waals surface area contributed by atoms with E-state index >= 15 is 0 Å². The molecule has 120 valence electrons. The van der Waals surface area contributed by atoms with Crippen LogP contribution < -0.4 is 10.1 Å². The van der Waals surface area contributed by atoms with Gasteiger partial charge in [0.2, 0.25) is 0 Å². The molecule has 1 atom stereocenters. The summed E-state index contributed by atoms with van der Waals surface area (Å²) in [6, 6.07) is 6.26. The molecule has 21 heavy (non-hydrogen) atoms. The molecule has 1 aromatic carbocycles. The third kappa shape index (κ3) is 5.67. The number of sulfone groups is 1. The summed E-state index contributed by atoms with van der Waals surface area (Å²) in [7, 11) is -1.22. The van der Waals surface area contributed by atoms with Crippen LogP contribution in [0.4, 0.5) is 0 Å². The molecule has 0 heterocycles. The third-order valence-electron chi connectivity index (χ3n) is 3.60. The molecule has 0 aliphatic heterocycles. The maximum absolute atomic E-state index is 11.6. The van der Waals surface area contributed by atoms with Gasteiger partial charge in [0.25, 0.3) is 0 Å². The van der Waals surface area contributed by atoms with Crippen molar-refractivity contribution in [3.05, 3.63) is 29.3 Å². The number of nitrogens with one attached hydrogen (secondary N) is 1. The summed E-state index contributed by atoms with van der Waals surface area (Å²) in [5.41, 5.74) is 2.25. The lowest BCUT2D eigenvalue weighted by atomic mass is 10.00. The molecule has 1 unspecified atom stereocenters. The van der Waals surface area contributed by atoms with Gasteiger partial charge in [0, 0.05) is 17.4 Å². The number of methoxy groups -OCH3 is 1. The van der Waals surface area contributed by atoms with Gasteiger partial charge in [-0.25, -0.2) is 8.42 Å². The fourth-order valence-corrected chi connectivity index (χ4v) is 3.27. The molecule has 1 rings (SSSR count). The lowest BCUT2D eigenvalue weighted by Crippen LogP contribution is -2.22. The molecule has 0 aromatic heterocycles. The zero-order valence-corrected chi connectivity index (χ0v) is 14.3. The van der Waals surface area contributed by atoms with E-state index in [1.807, 2.05) is 13.0 Å². The molecule has 1 N–H and O–H groups in total. The molecule has 0 amide bonds. The van der Waals surface area contributed by atoms with Crippen molar-refractivity contribution in [2.24, 2.45) is 0 Å². The summed E-state index contributed by atoms with van der Waals surface area (Å²) in [4.78, 5) is 0. The van der Waals surface area contributed by atoms with Crippen LogP contribution in [0.1, 0.15) is 43.9 Å². The van der Waals surface area contributed by atoms with E-state index in [1.54, 1.807) is 14.0 Å². The molecule has 0 aliphatic rings. The van der Waals surface area contributed by atoms with Gasteiger partial charge < -0.3 is 10.1 Å². The molecule has 5 heteroatoms. The first-order valence-corrected chi connectivity index (χ1v) is 9.34. The summed E-state index contributed by atoms with van der Waals surface area (Å²) in [6.07, 6.45) is 1.44. The Morgan fingerprint density at radius 3 is 2.57 bits per heavy atom. The fraction of sp³-hybridized carbons (Fsp3) is 0.625. The summed E-state index contributed by atoms with van der Waals surface area (Å²) in [5, 5.41) is 3.42. The quantitative estimate of drug-likeness (QED) is 0.761. The Bertz CT molecular complexity index is 540. The Kier molecular flexibility index (Phi) is 7.18. The minimum Gasteiger partial charge on any atom is -0.496 e. The van der Waals surface area contributed by atoms with E-state index in [9.17, 15) is 8.42 Å². The van der Waals surface area contributed by atoms with Crippen molar-refractivity contribution in [3.63, 3.8) is 0 Å². The van der Waals surface area contributed by atoms with E-state index in [1.165, 1.54) is 0 Å². The minimum atomic E-state index is -2.89. The van der Waals surface area contributed by atoms with Gasteiger partial charge in [0.1, 0.15) is 15.6 Å². The predicted octanol–water partition coefficient (Wildman–Crippen LogP) is 2.87. The molecule has 4 nitrogen and oxygen atoms in total. The van der Waals surface area contributed by atoms with Crippen LogP contribution in [0.25, 0.3) is 0 Å². The van der Waals surface area contributed by atoms with Crippen molar-refractivity contribution in [1.29, 1.82) is 0 Å². The van der Waals surface area contributed by atoms with Crippen LogP contribution in [0.3, 0.4) is 0 Å². The first-order chi connectivity index (χ1) is 9.93. The monoisotopic (exact) mass is 313 g/mol. The molecule has 0 saturated heterocycles. The number of rotatable bonds is 9. The zero-order valence-electron chi connectivity index (χ0n) is 13.5. The van der Waals surface area contributed by atoms with Crippen molar-refractivity contribution in [3.8, 4) is 5.75 Å². The first-order valence-electron chi connectivity index (χ1n) is 7.51.